The fourth-order valence-electron chi connectivity index (χ4n) is 3.04. The Kier molecular flexibility index (Phi) is 8.07. The lowest BCUT2D eigenvalue weighted by Crippen LogP contribution is -2.19. The monoisotopic (exact) mass is 625 g/mol. The van der Waals surface area contributed by atoms with Crippen molar-refractivity contribution in [1.29, 1.82) is 0 Å². The van der Waals surface area contributed by atoms with Crippen LogP contribution in [0.1, 0.15) is 10.4 Å². The maximum absolute atomic E-state index is 13.1. The van der Waals surface area contributed by atoms with Crippen LogP contribution in [0.2, 0.25) is 15.1 Å². The van der Waals surface area contributed by atoms with E-state index < -0.39 is 15.9 Å². The third-order valence-electron chi connectivity index (χ3n) is 4.72. The van der Waals surface area contributed by atoms with E-state index in [4.69, 9.17) is 39.5 Å². The van der Waals surface area contributed by atoms with Gasteiger partial charge in [-0.3, -0.25) is 9.52 Å². The number of halogens is 4. The van der Waals surface area contributed by atoms with Crippen LogP contribution in [-0.4, -0.2) is 19.3 Å². The van der Waals surface area contributed by atoms with E-state index in [1.807, 2.05) is 0 Å². The lowest BCUT2D eigenvalue weighted by molar-refractivity contribution is 0.102. The molecule has 0 bridgehead atoms. The number of ether oxygens (including phenoxy) is 1. The summed E-state index contributed by atoms with van der Waals surface area (Å²) in [6.45, 7) is 0. The molecule has 0 atom stereocenters. The number of amides is 1. The van der Waals surface area contributed by atoms with E-state index >= 15 is 0 Å². The van der Waals surface area contributed by atoms with Crippen LogP contribution in [0, 0.1) is 0 Å². The molecule has 184 valence electrons. The van der Waals surface area contributed by atoms with Crippen LogP contribution in [0.3, 0.4) is 0 Å². The van der Waals surface area contributed by atoms with Crippen LogP contribution in [0.4, 0.5) is 11.4 Å². The van der Waals surface area contributed by atoms with Crippen LogP contribution in [0.25, 0.3) is 0 Å². The summed E-state index contributed by atoms with van der Waals surface area (Å²) < 4.78 is 34.6. The molecule has 4 rings (SSSR count). The van der Waals surface area contributed by atoms with Gasteiger partial charge in [0.25, 0.3) is 15.9 Å². The smallest absolute Gasteiger partial charge is 0.261 e. The molecule has 0 aliphatic carbocycles. The zero-order valence-corrected chi connectivity index (χ0v) is 22.7. The summed E-state index contributed by atoms with van der Waals surface area (Å²) in [5.41, 5.74) is 0.325. The van der Waals surface area contributed by atoms with Gasteiger partial charge >= 0.3 is 0 Å². The van der Waals surface area contributed by atoms with Crippen LogP contribution in [0.5, 0.6) is 11.5 Å². The Morgan fingerprint density at radius 2 is 1.61 bits per heavy atom. The molecule has 7 nitrogen and oxygen atoms in total. The number of anilines is 2. The Morgan fingerprint density at radius 1 is 0.889 bits per heavy atom. The van der Waals surface area contributed by atoms with E-state index in [1.165, 1.54) is 54.7 Å². The third kappa shape index (κ3) is 6.29. The first kappa shape index (κ1) is 26.2. The number of nitrogens with one attached hydrogen (secondary N) is 2. The van der Waals surface area contributed by atoms with Gasteiger partial charge in [0.2, 0.25) is 0 Å². The first-order valence-corrected chi connectivity index (χ1v) is 13.5. The van der Waals surface area contributed by atoms with Crippen LogP contribution in [0.15, 0.2) is 88.5 Å². The number of hydrogen-bond acceptors (Lipinski definition) is 5. The number of rotatable bonds is 7. The summed E-state index contributed by atoms with van der Waals surface area (Å²) in [6, 6.07) is 18.4. The van der Waals surface area contributed by atoms with Gasteiger partial charge < -0.3 is 10.1 Å². The minimum Gasteiger partial charge on any atom is -0.456 e. The standard InChI is InChI=1S/C24H15BrCl3N3O4S/c25-23-21(12-15(27)13-29-23)30-24(32)18-11-14(26)5-10-20(18)31-36(33,34)17-8-6-16(7-9-17)35-22-4-2-1-3-19(22)28/h1-13,31H,(H,30,32). The second-order valence-electron chi connectivity index (χ2n) is 7.25. The van der Waals surface area contributed by atoms with Crippen molar-refractivity contribution in [1.82, 2.24) is 4.98 Å². The molecule has 2 N–H and O–H groups in total. The molecule has 0 saturated heterocycles. The minimum atomic E-state index is -4.07. The maximum Gasteiger partial charge on any atom is 0.261 e. The molecular formula is C24H15BrCl3N3O4S. The number of pyridine rings is 1. The average molecular weight is 628 g/mol. The molecule has 4 aromatic rings. The Bertz CT molecular complexity index is 1550. The van der Waals surface area contributed by atoms with Gasteiger partial charge in [0, 0.05) is 11.2 Å². The molecule has 0 fully saturated rings. The molecule has 0 spiro atoms. The highest BCUT2D eigenvalue weighted by atomic mass is 79.9. The quantitative estimate of drug-likeness (QED) is 0.205. The first-order chi connectivity index (χ1) is 17.1. The van der Waals surface area contributed by atoms with Crippen LogP contribution < -0.4 is 14.8 Å². The number of carbonyl (C=O) groups excluding carboxylic acids is 1. The van der Waals surface area contributed by atoms with Crippen molar-refractivity contribution in [2.75, 3.05) is 10.0 Å². The molecule has 1 heterocycles. The topological polar surface area (TPSA) is 97.4 Å². The van der Waals surface area contributed by atoms with Crippen molar-refractivity contribution in [2.24, 2.45) is 0 Å². The van der Waals surface area contributed by atoms with Gasteiger partial charge in [0.05, 0.1) is 31.9 Å². The van der Waals surface area contributed by atoms with E-state index in [9.17, 15) is 13.2 Å². The van der Waals surface area contributed by atoms with Gasteiger partial charge in [0.1, 0.15) is 16.1 Å². The second-order valence-corrected chi connectivity index (χ2v) is 11.0. The number of hydrogen-bond donors (Lipinski definition) is 2. The van der Waals surface area contributed by atoms with E-state index in [1.54, 1.807) is 24.3 Å². The summed E-state index contributed by atoms with van der Waals surface area (Å²) in [5, 5.41) is 3.61. The fourth-order valence-corrected chi connectivity index (χ4v) is 4.94. The normalized spacial score (nSPS) is 11.1. The van der Waals surface area contributed by atoms with Gasteiger partial charge in [-0.2, -0.15) is 0 Å². The van der Waals surface area contributed by atoms with E-state index in [-0.39, 0.29) is 21.2 Å². The minimum absolute atomic E-state index is 0.00313. The number of sulfonamides is 1. The molecule has 1 amide bonds. The highest BCUT2D eigenvalue weighted by molar-refractivity contribution is 9.10. The van der Waals surface area contributed by atoms with Gasteiger partial charge in [-0.1, -0.05) is 46.9 Å². The summed E-state index contributed by atoms with van der Waals surface area (Å²) in [4.78, 5) is 17.0. The molecule has 0 unspecified atom stereocenters. The molecule has 36 heavy (non-hydrogen) atoms. The van der Waals surface area contributed by atoms with Gasteiger partial charge in [-0.25, -0.2) is 13.4 Å². The van der Waals surface area contributed by atoms with E-state index in [2.05, 4.69) is 31.0 Å². The Hall–Kier alpha value is -2.82. The summed E-state index contributed by atoms with van der Waals surface area (Å²) in [6.07, 6.45) is 1.41. The summed E-state index contributed by atoms with van der Waals surface area (Å²) in [7, 11) is -4.07. The highest BCUT2D eigenvalue weighted by Crippen LogP contribution is 2.31. The van der Waals surface area contributed by atoms with E-state index in [0.29, 0.717) is 31.8 Å². The Balaban J connectivity index is 1.56. The molecule has 0 saturated carbocycles. The van der Waals surface area contributed by atoms with Crippen LogP contribution >= 0.6 is 50.7 Å². The lowest BCUT2D eigenvalue weighted by Gasteiger charge is -2.14. The lowest BCUT2D eigenvalue weighted by atomic mass is 10.1. The number of benzene rings is 3. The van der Waals surface area contributed by atoms with Crippen molar-refractivity contribution in [3.05, 3.63) is 104 Å². The van der Waals surface area contributed by atoms with Crippen molar-refractivity contribution in [3.63, 3.8) is 0 Å². The Morgan fingerprint density at radius 3 is 2.33 bits per heavy atom. The van der Waals surface area contributed by atoms with Gasteiger partial charge in [-0.05, 0) is 76.6 Å². The zero-order chi connectivity index (χ0) is 25.9. The van der Waals surface area contributed by atoms with Crippen molar-refractivity contribution in [3.8, 4) is 11.5 Å². The number of nitrogens with zero attached hydrogens (tertiary/aromatic N) is 1. The van der Waals surface area contributed by atoms with E-state index in [0.717, 1.165) is 0 Å². The molecule has 0 aliphatic heterocycles. The SMILES string of the molecule is O=C(Nc1cc(Cl)cnc1Br)c1cc(Cl)ccc1NS(=O)(=O)c1ccc(Oc2ccccc2Cl)cc1. The molecule has 0 aliphatic rings. The molecular weight excluding hydrogens is 613 g/mol. The predicted molar refractivity (Wildman–Crippen MR) is 145 cm³/mol. The van der Waals surface area contributed by atoms with Gasteiger partial charge in [0.15, 0.2) is 0 Å². The first-order valence-electron chi connectivity index (χ1n) is 10.1. The second kappa shape index (κ2) is 11.1. The maximum atomic E-state index is 13.1. The third-order valence-corrected chi connectivity index (χ3v) is 7.49. The number of aromatic nitrogens is 1. The highest BCUT2D eigenvalue weighted by Gasteiger charge is 2.20. The zero-order valence-electron chi connectivity index (χ0n) is 18.0. The van der Waals surface area contributed by atoms with Crippen LogP contribution in [-0.2, 0) is 10.0 Å². The van der Waals surface area contributed by atoms with Crippen molar-refractivity contribution in [2.45, 2.75) is 4.90 Å². The molecule has 1 aromatic heterocycles. The summed E-state index contributed by atoms with van der Waals surface area (Å²) >= 11 is 21.4. The fraction of sp³-hybridized carbons (Fsp3) is 0. The largest absolute Gasteiger partial charge is 0.456 e. The average Bonchev–Trinajstić information content (AvgIpc) is 2.84. The molecule has 12 heteroatoms. The molecule has 0 radical (unpaired) electrons. The van der Waals surface area contributed by atoms with Crippen molar-refractivity contribution >= 4 is 78.0 Å². The van der Waals surface area contributed by atoms with Crippen molar-refractivity contribution < 1.29 is 17.9 Å². The Labute approximate surface area is 230 Å². The molecule has 3 aromatic carbocycles. The number of carbonyl (C=O) groups is 1. The predicted octanol–water partition coefficient (Wildman–Crippen LogP) is 7.65. The summed E-state index contributed by atoms with van der Waals surface area (Å²) in [5.74, 6) is 0.212. The number of para-hydroxylation sites is 1. The van der Waals surface area contributed by atoms with Gasteiger partial charge in [-0.15, -0.1) is 0 Å².